The standard InChI is InChI=1S/C62H120O6/c1-6-8-9-10-11-12-13-20-29-34-39-44-49-54-62(65)68-59(56-67-61(64)53-48-43-38-33-28-24-23-25-30-35-40-45-50-57(3)4)55-66-60(63)52-47-42-37-32-27-22-19-17-15-14-16-18-21-26-31-36-41-46-51-58(5)7-2/h57-59H,6-56H2,1-5H3/t58?,59-/m0/s1. The maximum Gasteiger partial charge on any atom is 0.306 e. The number of carbonyl (C=O) groups is 3. The summed E-state index contributed by atoms with van der Waals surface area (Å²) in [7, 11) is 0. The normalized spacial score (nSPS) is 12.4. The van der Waals surface area contributed by atoms with Crippen molar-refractivity contribution < 1.29 is 28.6 Å². The van der Waals surface area contributed by atoms with E-state index in [0.29, 0.717) is 19.3 Å². The van der Waals surface area contributed by atoms with Gasteiger partial charge in [0.15, 0.2) is 6.10 Å². The van der Waals surface area contributed by atoms with Crippen molar-refractivity contribution >= 4 is 17.9 Å². The molecule has 0 saturated carbocycles. The quantitative estimate of drug-likeness (QED) is 0.0343. The van der Waals surface area contributed by atoms with E-state index in [4.69, 9.17) is 14.2 Å². The molecule has 0 bridgehead atoms. The Labute approximate surface area is 425 Å². The van der Waals surface area contributed by atoms with E-state index in [1.165, 1.54) is 238 Å². The van der Waals surface area contributed by atoms with Crippen LogP contribution in [-0.2, 0) is 28.6 Å². The van der Waals surface area contributed by atoms with Gasteiger partial charge in [-0.05, 0) is 31.1 Å². The molecule has 0 aliphatic rings. The molecule has 0 N–H and O–H groups in total. The number of hydrogen-bond acceptors (Lipinski definition) is 6. The van der Waals surface area contributed by atoms with Crippen molar-refractivity contribution in [2.45, 2.75) is 355 Å². The Kier molecular flexibility index (Phi) is 53.5. The predicted molar refractivity (Wildman–Crippen MR) is 293 cm³/mol. The second-order valence-electron chi connectivity index (χ2n) is 22.1. The molecule has 6 heteroatoms. The van der Waals surface area contributed by atoms with Crippen molar-refractivity contribution in [3.05, 3.63) is 0 Å². The lowest BCUT2D eigenvalue weighted by Gasteiger charge is -2.18. The van der Waals surface area contributed by atoms with Crippen molar-refractivity contribution in [2.75, 3.05) is 13.2 Å². The van der Waals surface area contributed by atoms with Gasteiger partial charge in [-0.2, -0.15) is 0 Å². The van der Waals surface area contributed by atoms with Crippen molar-refractivity contribution in [1.82, 2.24) is 0 Å². The topological polar surface area (TPSA) is 78.9 Å². The van der Waals surface area contributed by atoms with Crippen LogP contribution in [0.4, 0.5) is 0 Å². The first-order valence-corrected chi connectivity index (χ1v) is 30.8. The molecule has 0 rings (SSSR count). The monoisotopic (exact) mass is 961 g/mol. The molecule has 0 aromatic heterocycles. The SMILES string of the molecule is CCCCCCCCCCCCCCCC(=O)O[C@@H](COC(=O)CCCCCCCCCCCCCCCCCCCCC(C)CC)COC(=O)CCCCCCCCCCCCCCC(C)C. The molecule has 0 saturated heterocycles. The lowest BCUT2D eigenvalue weighted by molar-refractivity contribution is -0.167. The van der Waals surface area contributed by atoms with Gasteiger partial charge in [-0.3, -0.25) is 14.4 Å². The van der Waals surface area contributed by atoms with Crippen LogP contribution in [0, 0.1) is 11.8 Å². The van der Waals surface area contributed by atoms with Gasteiger partial charge in [0, 0.05) is 19.3 Å². The van der Waals surface area contributed by atoms with Crippen LogP contribution in [-0.4, -0.2) is 37.2 Å². The summed E-state index contributed by atoms with van der Waals surface area (Å²) in [5.74, 6) is 0.909. The number of unbranched alkanes of at least 4 members (excludes halogenated alkanes) is 40. The second kappa shape index (κ2) is 54.7. The smallest absolute Gasteiger partial charge is 0.306 e. The van der Waals surface area contributed by atoms with Crippen LogP contribution in [0.15, 0.2) is 0 Å². The molecule has 0 amide bonds. The Balaban J connectivity index is 4.23. The Morgan fingerprint density at radius 2 is 0.559 bits per heavy atom. The van der Waals surface area contributed by atoms with Crippen LogP contribution < -0.4 is 0 Å². The molecule has 0 aromatic carbocycles. The lowest BCUT2D eigenvalue weighted by Crippen LogP contribution is -2.30. The van der Waals surface area contributed by atoms with Gasteiger partial charge in [-0.25, -0.2) is 0 Å². The van der Waals surface area contributed by atoms with E-state index in [0.717, 1.165) is 69.6 Å². The van der Waals surface area contributed by atoms with Gasteiger partial charge < -0.3 is 14.2 Å². The number of carbonyl (C=O) groups excluding carboxylic acids is 3. The molecule has 0 heterocycles. The highest BCUT2D eigenvalue weighted by molar-refractivity contribution is 5.71. The molecular weight excluding hydrogens is 841 g/mol. The van der Waals surface area contributed by atoms with Gasteiger partial charge in [-0.1, -0.05) is 311 Å². The molecule has 0 fully saturated rings. The summed E-state index contributed by atoms with van der Waals surface area (Å²) in [4.78, 5) is 38.2. The molecule has 404 valence electrons. The molecule has 0 spiro atoms. The molecule has 1 unspecified atom stereocenters. The van der Waals surface area contributed by atoms with Gasteiger partial charge >= 0.3 is 17.9 Å². The van der Waals surface area contributed by atoms with E-state index in [2.05, 4.69) is 34.6 Å². The summed E-state index contributed by atoms with van der Waals surface area (Å²) < 4.78 is 16.9. The summed E-state index contributed by atoms with van der Waals surface area (Å²) in [5.41, 5.74) is 0. The predicted octanol–water partition coefficient (Wildman–Crippen LogP) is 20.4. The van der Waals surface area contributed by atoms with Crippen LogP contribution in [0.5, 0.6) is 0 Å². The first kappa shape index (κ1) is 66.4. The Hall–Kier alpha value is -1.59. The van der Waals surface area contributed by atoms with Gasteiger partial charge in [0.05, 0.1) is 0 Å². The molecular formula is C62H120O6. The zero-order valence-electron chi connectivity index (χ0n) is 46.7. The number of hydrogen-bond donors (Lipinski definition) is 0. The van der Waals surface area contributed by atoms with E-state index in [-0.39, 0.29) is 31.1 Å². The maximum absolute atomic E-state index is 12.8. The second-order valence-corrected chi connectivity index (χ2v) is 22.1. The van der Waals surface area contributed by atoms with E-state index >= 15 is 0 Å². The lowest BCUT2D eigenvalue weighted by atomic mass is 9.99. The van der Waals surface area contributed by atoms with Crippen molar-refractivity contribution in [2.24, 2.45) is 11.8 Å². The van der Waals surface area contributed by atoms with Crippen molar-refractivity contribution in [3.8, 4) is 0 Å². The van der Waals surface area contributed by atoms with E-state index in [1.54, 1.807) is 0 Å². The minimum absolute atomic E-state index is 0.0622. The van der Waals surface area contributed by atoms with Crippen LogP contribution in [0.3, 0.4) is 0 Å². The summed E-state index contributed by atoms with van der Waals surface area (Å²) >= 11 is 0. The number of ether oxygens (including phenoxy) is 3. The first-order chi connectivity index (χ1) is 33.3. The number of rotatable bonds is 56. The molecule has 0 aliphatic carbocycles. The molecule has 0 aromatic rings. The summed E-state index contributed by atoms with van der Waals surface area (Å²) in [6.07, 6.45) is 59.5. The minimum atomic E-state index is -0.763. The first-order valence-electron chi connectivity index (χ1n) is 30.8. The summed E-state index contributed by atoms with van der Waals surface area (Å²) in [6, 6.07) is 0. The molecule has 0 radical (unpaired) electrons. The third kappa shape index (κ3) is 53.8. The fraction of sp³-hybridized carbons (Fsp3) is 0.952. The highest BCUT2D eigenvalue weighted by Gasteiger charge is 2.19. The van der Waals surface area contributed by atoms with Gasteiger partial charge in [-0.15, -0.1) is 0 Å². The number of esters is 3. The van der Waals surface area contributed by atoms with E-state index in [9.17, 15) is 14.4 Å². The van der Waals surface area contributed by atoms with Crippen LogP contribution in [0.1, 0.15) is 349 Å². The zero-order valence-corrected chi connectivity index (χ0v) is 46.7. The highest BCUT2D eigenvalue weighted by Crippen LogP contribution is 2.19. The van der Waals surface area contributed by atoms with Crippen molar-refractivity contribution in [3.63, 3.8) is 0 Å². The molecule has 2 atom stereocenters. The van der Waals surface area contributed by atoms with E-state index in [1.807, 2.05) is 0 Å². The Bertz CT molecular complexity index is 1040. The Morgan fingerprint density at radius 3 is 0.838 bits per heavy atom. The van der Waals surface area contributed by atoms with Gasteiger partial charge in [0.25, 0.3) is 0 Å². The van der Waals surface area contributed by atoms with Crippen LogP contribution in [0.25, 0.3) is 0 Å². The summed E-state index contributed by atoms with van der Waals surface area (Å²) in [6.45, 7) is 11.5. The average Bonchev–Trinajstić information content (AvgIpc) is 3.32. The molecule has 6 nitrogen and oxygen atoms in total. The Morgan fingerprint density at radius 1 is 0.309 bits per heavy atom. The zero-order chi connectivity index (χ0) is 49.6. The fourth-order valence-corrected chi connectivity index (χ4v) is 9.55. The van der Waals surface area contributed by atoms with Crippen LogP contribution >= 0.6 is 0 Å². The largest absolute Gasteiger partial charge is 0.462 e. The molecule has 0 aliphatic heterocycles. The van der Waals surface area contributed by atoms with E-state index < -0.39 is 6.10 Å². The van der Waals surface area contributed by atoms with Crippen molar-refractivity contribution in [1.29, 1.82) is 0 Å². The van der Waals surface area contributed by atoms with Crippen LogP contribution in [0.2, 0.25) is 0 Å². The maximum atomic E-state index is 12.8. The van der Waals surface area contributed by atoms with Gasteiger partial charge in [0.1, 0.15) is 13.2 Å². The molecule has 68 heavy (non-hydrogen) atoms. The third-order valence-corrected chi connectivity index (χ3v) is 14.6. The fourth-order valence-electron chi connectivity index (χ4n) is 9.55. The highest BCUT2D eigenvalue weighted by atomic mass is 16.6. The average molecular weight is 962 g/mol. The minimum Gasteiger partial charge on any atom is -0.462 e. The third-order valence-electron chi connectivity index (χ3n) is 14.6. The van der Waals surface area contributed by atoms with Gasteiger partial charge in [0.2, 0.25) is 0 Å². The summed E-state index contributed by atoms with van der Waals surface area (Å²) in [5, 5.41) is 0.